The van der Waals surface area contributed by atoms with Crippen molar-refractivity contribution < 1.29 is 13.6 Å². The fourth-order valence-corrected chi connectivity index (χ4v) is 1.79. The molecule has 0 amide bonds. The van der Waals surface area contributed by atoms with Crippen molar-refractivity contribution in [1.29, 1.82) is 0 Å². The van der Waals surface area contributed by atoms with Gasteiger partial charge in [-0.05, 0) is 42.5 Å². The number of carbonyl (C=O) groups excluding carboxylic acids is 1. The van der Waals surface area contributed by atoms with Gasteiger partial charge in [0.05, 0.1) is 5.56 Å². The maximum atomic E-state index is 13.5. The molecule has 0 aliphatic rings. The van der Waals surface area contributed by atoms with E-state index in [0.29, 0.717) is 4.47 Å². The first-order valence-electron chi connectivity index (χ1n) is 4.83. The standard InChI is InChI=1S/C13H7BrF2O/c14-9-3-6-12(16)11(7-9)13(17)8-1-4-10(15)5-2-8/h1-7H. The molecule has 2 rings (SSSR count). The Morgan fingerprint density at radius 2 is 1.65 bits per heavy atom. The molecule has 0 N–H and O–H groups in total. The largest absolute Gasteiger partial charge is 0.288 e. The molecule has 0 aliphatic heterocycles. The van der Waals surface area contributed by atoms with Crippen LogP contribution in [0.1, 0.15) is 15.9 Å². The summed E-state index contributed by atoms with van der Waals surface area (Å²) >= 11 is 3.17. The molecule has 1 nitrogen and oxygen atoms in total. The summed E-state index contributed by atoms with van der Waals surface area (Å²) in [4.78, 5) is 11.9. The van der Waals surface area contributed by atoms with Gasteiger partial charge in [0.15, 0.2) is 5.78 Å². The van der Waals surface area contributed by atoms with Crippen molar-refractivity contribution in [3.8, 4) is 0 Å². The van der Waals surface area contributed by atoms with Crippen molar-refractivity contribution >= 4 is 21.7 Å². The van der Waals surface area contributed by atoms with Gasteiger partial charge in [-0.3, -0.25) is 4.79 Å². The van der Waals surface area contributed by atoms with Crippen LogP contribution in [0.5, 0.6) is 0 Å². The molecule has 17 heavy (non-hydrogen) atoms. The monoisotopic (exact) mass is 296 g/mol. The van der Waals surface area contributed by atoms with Crippen LogP contribution in [0.15, 0.2) is 46.9 Å². The zero-order valence-corrected chi connectivity index (χ0v) is 10.2. The third-order valence-corrected chi connectivity index (χ3v) is 2.77. The Bertz CT molecular complexity index is 564. The highest BCUT2D eigenvalue weighted by atomic mass is 79.9. The Labute approximate surface area is 105 Å². The van der Waals surface area contributed by atoms with Gasteiger partial charge in [-0.1, -0.05) is 15.9 Å². The summed E-state index contributed by atoms with van der Waals surface area (Å²) < 4.78 is 26.8. The Balaban J connectivity index is 2.43. The van der Waals surface area contributed by atoms with Crippen molar-refractivity contribution in [3.05, 3.63) is 69.7 Å². The second-order valence-electron chi connectivity index (χ2n) is 3.46. The van der Waals surface area contributed by atoms with E-state index < -0.39 is 17.4 Å². The Morgan fingerprint density at radius 1 is 1.00 bits per heavy atom. The van der Waals surface area contributed by atoms with E-state index in [1.165, 1.54) is 42.5 Å². The molecule has 2 aromatic carbocycles. The molecular formula is C13H7BrF2O. The molecule has 0 heterocycles. The van der Waals surface area contributed by atoms with Gasteiger partial charge in [0, 0.05) is 10.0 Å². The fraction of sp³-hybridized carbons (Fsp3) is 0. The van der Waals surface area contributed by atoms with E-state index >= 15 is 0 Å². The summed E-state index contributed by atoms with van der Waals surface area (Å²) in [6.45, 7) is 0. The lowest BCUT2D eigenvalue weighted by Crippen LogP contribution is -2.04. The number of hydrogen-bond donors (Lipinski definition) is 0. The van der Waals surface area contributed by atoms with Gasteiger partial charge in [-0.2, -0.15) is 0 Å². The molecule has 86 valence electrons. The molecule has 0 fully saturated rings. The van der Waals surface area contributed by atoms with Crippen molar-refractivity contribution in [3.63, 3.8) is 0 Å². The van der Waals surface area contributed by atoms with E-state index in [9.17, 15) is 13.6 Å². The average Bonchev–Trinajstić information content (AvgIpc) is 2.32. The predicted octanol–water partition coefficient (Wildman–Crippen LogP) is 3.96. The molecule has 0 radical (unpaired) electrons. The zero-order valence-electron chi connectivity index (χ0n) is 8.58. The second-order valence-corrected chi connectivity index (χ2v) is 4.38. The van der Waals surface area contributed by atoms with E-state index in [2.05, 4.69) is 15.9 Å². The lowest BCUT2D eigenvalue weighted by atomic mass is 10.0. The number of rotatable bonds is 2. The third-order valence-electron chi connectivity index (χ3n) is 2.28. The number of hydrogen-bond acceptors (Lipinski definition) is 1. The molecule has 0 aliphatic carbocycles. The van der Waals surface area contributed by atoms with Crippen molar-refractivity contribution in [2.45, 2.75) is 0 Å². The Hall–Kier alpha value is -1.55. The van der Waals surface area contributed by atoms with E-state index in [1.54, 1.807) is 0 Å². The van der Waals surface area contributed by atoms with E-state index in [0.717, 1.165) is 0 Å². The lowest BCUT2D eigenvalue weighted by molar-refractivity contribution is 0.103. The summed E-state index contributed by atoms with van der Waals surface area (Å²) in [7, 11) is 0. The van der Waals surface area contributed by atoms with Gasteiger partial charge >= 0.3 is 0 Å². The predicted molar refractivity (Wildman–Crippen MR) is 63.9 cm³/mol. The molecule has 0 bridgehead atoms. The molecule has 0 saturated carbocycles. The van der Waals surface area contributed by atoms with Gasteiger partial charge in [-0.15, -0.1) is 0 Å². The topological polar surface area (TPSA) is 17.1 Å². The molecule has 4 heteroatoms. The van der Waals surface area contributed by atoms with Crippen LogP contribution in [0.3, 0.4) is 0 Å². The first kappa shape index (κ1) is 11.9. The number of benzene rings is 2. The minimum atomic E-state index is -0.595. The van der Waals surface area contributed by atoms with E-state index in [4.69, 9.17) is 0 Å². The first-order valence-corrected chi connectivity index (χ1v) is 5.62. The highest BCUT2D eigenvalue weighted by molar-refractivity contribution is 9.10. The number of halogens is 3. The maximum absolute atomic E-state index is 13.5. The second kappa shape index (κ2) is 4.75. The van der Waals surface area contributed by atoms with Gasteiger partial charge in [0.1, 0.15) is 11.6 Å². The van der Waals surface area contributed by atoms with Crippen LogP contribution in [-0.4, -0.2) is 5.78 Å². The quantitative estimate of drug-likeness (QED) is 0.767. The van der Waals surface area contributed by atoms with Gasteiger partial charge in [0.2, 0.25) is 0 Å². The van der Waals surface area contributed by atoms with E-state index in [-0.39, 0.29) is 11.1 Å². The normalized spacial score (nSPS) is 10.3. The van der Waals surface area contributed by atoms with E-state index in [1.807, 2.05) is 0 Å². The maximum Gasteiger partial charge on any atom is 0.196 e. The molecule has 0 spiro atoms. The van der Waals surface area contributed by atoms with Crippen LogP contribution in [0.2, 0.25) is 0 Å². The summed E-state index contributed by atoms with van der Waals surface area (Å²) in [5.41, 5.74) is 0.217. The molecule has 0 saturated heterocycles. The van der Waals surface area contributed by atoms with Crippen LogP contribution in [0.25, 0.3) is 0 Å². The third kappa shape index (κ3) is 2.58. The minimum Gasteiger partial charge on any atom is -0.288 e. The summed E-state index contributed by atoms with van der Waals surface area (Å²) in [5.74, 6) is -1.50. The minimum absolute atomic E-state index is 0.0361. The molecule has 0 unspecified atom stereocenters. The molecule has 2 aromatic rings. The summed E-state index contributed by atoms with van der Waals surface area (Å²) in [6.07, 6.45) is 0. The number of ketones is 1. The highest BCUT2D eigenvalue weighted by Crippen LogP contribution is 2.19. The molecular weight excluding hydrogens is 290 g/mol. The first-order chi connectivity index (χ1) is 8.08. The van der Waals surface area contributed by atoms with Gasteiger partial charge in [0.25, 0.3) is 0 Å². The van der Waals surface area contributed by atoms with Crippen LogP contribution < -0.4 is 0 Å². The fourth-order valence-electron chi connectivity index (χ4n) is 1.43. The van der Waals surface area contributed by atoms with Crippen molar-refractivity contribution in [2.75, 3.05) is 0 Å². The molecule has 0 aromatic heterocycles. The van der Waals surface area contributed by atoms with Crippen LogP contribution in [0, 0.1) is 11.6 Å². The average molecular weight is 297 g/mol. The van der Waals surface area contributed by atoms with Crippen molar-refractivity contribution in [1.82, 2.24) is 0 Å². The highest BCUT2D eigenvalue weighted by Gasteiger charge is 2.14. The number of carbonyl (C=O) groups is 1. The van der Waals surface area contributed by atoms with Crippen LogP contribution in [-0.2, 0) is 0 Å². The smallest absolute Gasteiger partial charge is 0.196 e. The molecule has 0 atom stereocenters. The zero-order chi connectivity index (χ0) is 12.4. The van der Waals surface area contributed by atoms with Gasteiger partial charge < -0.3 is 0 Å². The Morgan fingerprint density at radius 3 is 2.29 bits per heavy atom. The summed E-state index contributed by atoms with van der Waals surface area (Å²) in [5, 5.41) is 0. The van der Waals surface area contributed by atoms with Crippen LogP contribution >= 0.6 is 15.9 Å². The van der Waals surface area contributed by atoms with Crippen LogP contribution in [0.4, 0.5) is 8.78 Å². The SMILES string of the molecule is O=C(c1ccc(F)cc1)c1cc(Br)ccc1F. The summed E-state index contributed by atoms with van der Waals surface area (Å²) in [6, 6.07) is 9.13. The Kier molecular flexibility index (Phi) is 3.33. The van der Waals surface area contributed by atoms with Gasteiger partial charge in [-0.25, -0.2) is 8.78 Å². The lowest BCUT2D eigenvalue weighted by Gasteiger charge is -2.03. The van der Waals surface area contributed by atoms with Crippen molar-refractivity contribution in [2.24, 2.45) is 0 Å².